The largest absolute Gasteiger partial charge is 0.396 e. The molecule has 1 aliphatic rings. The summed E-state index contributed by atoms with van der Waals surface area (Å²) in [7, 11) is 0. The van der Waals surface area contributed by atoms with Crippen molar-refractivity contribution in [2.45, 2.75) is 26.3 Å². The summed E-state index contributed by atoms with van der Waals surface area (Å²) in [5, 5.41) is 18.1. The molecule has 1 unspecified atom stereocenters. The lowest BCUT2D eigenvalue weighted by atomic mass is 10.0. The van der Waals surface area contributed by atoms with Crippen LogP contribution in [0.2, 0.25) is 0 Å². The van der Waals surface area contributed by atoms with Gasteiger partial charge in [0.2, 0.25) is 5.91 Å². The van der Waals surface area contributed by atoms with Crippen molar-refractivity contribution in [3.63, 3.8) is 0 Å². The Morgan fingerprint density at radius 3 is 2.50 bits per heavy atom. The van der Waals surface area contributed by atoms with E-state index in [1.165, 1.54) is 0 Å². The van der Waals surface area contributed by atoms with Crippen molar-refractivity contribution in [3.8, 4) is 0 Å². The smallest absolute Gasteiger partial charge is 0.223 e. The van der Waals surface area contributed by atoms with Crippen LogP contribution in [0.25, 0.3) is 0 Å². The van der Waals surface area contributed by atoms with Gasteiger partial charge >= 0.3 is 0 Å². The van der Waals surface area contributed by atoms with Gasteiger partial charge in [-0.15, -0.1) is 0 Å². The molecule has 4 nitrogen and oxygen atoms in total. The molecule has 0 radical (unpaired) electrons. The molecule has 1 fully saturated rings. The summed E-state index contributed by atoms with van der Waals surface area (Å²) in [6, 6.07) is -0.0981. The van der Waals surface area contributed by atoms with Gasteiger partial charge in [-0.3, -0.25) is 4.79 Å². The van der Waals surface area contributed by atoms with Crippen LogP contribution >= 0.6 is 0 Å². The first kappa shape index (κ1) is 11.5. The molecule has 1 rings (SSSR count). The molecular weight excluding hydrogens is 182 g/mol. The first-order valence-corrected chi connectivity index (χ1v) is 5.11. The Morgan fingerprint density at radius 2 is 2.14 bits per heavy atom. The van der Waals surface area contributed by atoms with Gasteiger partial charge in [0.15, 0.2) is 0 Å². The van der Waals surface area contributed by atoms with Crippen molar-refractivity contribution >= 4 is 5.91 Å². The van der Waals surface area contributed by atoms with Crippen LogP contribution in [-0.4, -0.2) is 46.8 Å². The molecule has 1 aliphatic heterocycles. The van der Waals surface area contributed by atoms with E-state index in [-0.39, 0.29) is 37.0 Å². The number of rotatable bonds is 4. The number of likely N-dealkylation sites (tertiary alicyclic amines) is 1. The monoisotopic (exact) mass is 201 g/mol. The second kappa shape index (κ2) is 4.75. The standard InChI is InChI=1S/C10H19NO3/c1-7(2)9(6-13)11-4-8(5-12)3-10(11)14/h7-9,12-13H,3-6H2,1-2H3/t8?,9-/m1/s1. The molecule has 0 aromatic carbocycles. The molecule has 2 N–H and O–H groups in total. The van der Waals surface area contributed by atoms with Crippen LogP contribution < -0.4 is 0 Å². The Balaban J connectivity index is 2.63. The molecule has 0 saturated carbocycles. The topological polar surface area (TPSA) is 60.8 Å². The van der Waals surface area contributed by atoms with Crippen molar-refractivity contribution in [1.29, 1.82) is 0 Å². The van der Waals surface area contributed by atoms with Gasteiger partial charge in [0, 0.05) is 25.5 Å². The van der Waals surface area contributed by atoms with Crippen LogP contribution in [0.1, 0.15) is 20.3 Å². The minimum atomic E-state index is -0.0981. The highest BCUT2D eigenvalue weighted by Crippen LogP contribution is 2.22. The van der Waals surface area contributed by atoms with Crippen molar-refractivity contribution in [1.82, 2.24) is 4.90 Å². The molecule has 0 aromatic heterocycles. The predicted molar refractivity (Wildman–Crippen MR) is 52.6 cm³/mol. The fourth-order valence-corrected chi connectivity index (χ4v) is 1.92. The lowest BCUT2D eigenvalue weighted by Gasteiger charge is -2.29. The Bertz CT molecular complexity index is 206. The van der Waals surface area contributed by atoms with Crippen LogP contribution in [0.4, 0.5) is 0 Å². The first-order chi connectivity index (χ1) is 6.60. The molecule has 4 heteroatoms. The zero-order valence-electron chi connectivity index (χ0n) is 8.81. The van der Waals surface area contributed by atoms with Crippen LogP contribution in [0.15, 0.2) is 0 Å². The molecular formula is C10H19NO3. The van der Waals surface area contributed by atoms with E-state index in [1.54, 1.807) is 4.90 Å². The highest BCUT2D eigenvalue weighted by atomic mass is 16.3. The predicted octanol–water partition coefficient (Wildman–Crippen LogP) is -0.156. The Labute approximate surface area is 84.5 Å². The fourth-order valence-electron chi connectivity index (χ4n) is 1.92. The SMILES string of the molecule is CC(C)[C@@H](CO)N1CC(CO)CC1=O. The van der Waals surface area contributed by atoms with Crippen molar-refractivity contribution in [3.05, 3.63) is 0 Å². The van der Waals surface area contributed by atoms with Gasteiger partial charge in [-0.1, -0.05) is 13.8 Å². The maximum atomic E-state index is 11.6. The van der Waals surface area contributed by atoms with Crippen LogP contribution in [0, 0.1) is 11.8 Å². The summed E-state index contributed by atoms with van der Waals surface area (Å²) >= 11 is 0. The Kier molecular flexibility index (Phi) is 3.89. The Morgan fingerprint density at radius 1 is 1.50 bits per heavy atom. The third-order valence-electron chi connectivity index (χ3n) is 2.85. The zero-order chi connectivity index (χ0) is 10.7. The number of aliphatic hydroxyl groups excluding tert-OH is 2. The van der Waals surface area contributed by atoms with E-state index in [2.05, 4.69) is 0 Å². The van der Waals surface area contributed by atoms with Gasteiger partial charge in [0.25, 0.3) is 0 Å². The van der Waals surface area contributed by atoms with E-state index >= 15 is 0 Å². The van der Waals surface area contributed by atoms with E-state index in [4.69, 9.17) is 5.11 Å². The van der Waals surface area contributed by atoms with Crippen molar-refractivity contribution in [2.24, 2.45) is 11.8 Å². The number of hydrogen-bond donors (Lipinski definition) is 2. The summed E-state index contributed by atoms with van der Waals surface area (Å²) in [4.78, 5) is 13.3. The molecule has 0 aromatic rings. The zero-order valence-corrected chi connectivity index (χ0v) is 8.81. The summed E-state index contributed by atoms with van der Waals surface area (Å²) in [6.45, 7) is 4.61. The van der Waals surface area contributed by atoms with Gasteiger partial charge in [-0.2, -0.15) is 0 Å². The number of hydrogen-bond acceptors (Lipinski definition) is 3. The van der Waals surface area contributed by atoms with Gasteiger partial charge in [-0.05, 0) is 5.92 Å². The van der Waals surface area contributed by atoms with Crippen molar-refractivity contribution in [2.75, 3.05) is 19.8 Å². The maximum absolute atomic E-state index is 11.6. The highest BCUT2D eigenvalue weighted by molar-refractivity contribution is 5.79. The Hall–Kier alpha value is -0.610. The highest BCUT2D eigenvalue weighted by Gasteiger charge is 2.34. The van der Waals surface area contributed by atoms with Gasteiger partial charge < -0.3 is 15.1 Å². The van der Waals surface area contributed by atoms with Gasteiger partial charge in [-0.25, -0.2) is 0 Å². The second-order valence-corrected chi connectivity index (χ2v) is 4.29. The molecule has 1 amide bonds. The first-order valence-electron chi connectivity index (χ1n) is 5.11. The molecule has 14 heavy (non-hydrogen) atoms. The number of carbonyl (C=O) groups is 1. The van der Waals surface area contributed by atoms with E-state index in [0.717, 1.165) is 0 Å². The van der Waals surface area contributed by atoms with E-state index < -0.39 is 0 Å². The normalized spacial score (nSPS) is 24.8. The quantitative estimate of drug-likeness (QED) is 0.664. The van der Waals surface area contributed by atoms with Gasteiger partial charge in [0.05, 0.1) is 12.6 Å². The number of carbonyl (C=O) groups excluding carboxylic acids is 1. The van der Waals surface area contributed by atoms with Gasteiger partial charge in [0.1, 0.15) is 0 Å². The van der Waals surface area contributed by atoms with Crippen molar-refractivity contribution < 1.29 is 15.0 Å². The number of amides is 1. The lowest BCUT2D eigenvalue weighted by Crippen LogP contribution is -2.42. The lowest BCUT2D eigenvalue weighted by molar-refractivity contribution is -0.131. The third kappa shape index (κ3) is 2.25. The van der Waals surface area contributed by atoms with E-state index in [9.17, 15) is 9.90 Å². The minimum absolute atomic E-state index is 0.00154. The molecule has 0 spiro atoms. The summed E-state index contributed by atoms with van der Waals surface area (Å²) in [6.07, 6.45) is 0.416. The summed E-state index contributed by atoms with van der Waals surface area (Å²) in [5.41, 5.74) is 0. The number of aliphatic hydroxyl groups is 2. The molecule has 0 bridgehead atoms. The summed E-state index contributed by atoms with van der Waals surface area (Å²) < 4.78 is 0. The van der Waals surface area contributed by atoms with Crippen LogP contribution in [0.5, 0.6) is 0 Å². The molecule has 2 atom stereocenters. The fraction of sp³-hybridized carbons (Fsp3) is 0.900. The second-order valence-electron chi connectivity index (χ2n) is 4.29. The maximum Gasteiger partial charge on any atom is 0.223 e. The van der Waals surface area contributed by atoms with E-state index in [0.29, 0.717) is 13.0 Å². The summed E-state index contributed by atoms with van der Waals surface area (Å²) in [5.74, 6) is 0.355. The van der Waals surface area contributed by atoms with E-state index in [1.807, 2.05) is 13.8 Å². The molecule has 82 valence electrons. The van der Waals surface area contributed by atoms with Crippen LogP contribution in [0.3, 0.4) is 0 Å². The minimum Gasteiger partial charge on any atom is -0.396 e. The molecule has 0 aliphatic carbocycles. The average molecular weight is 201 g/mol. The van der Waals surface area contributed by atoms with Crippen LogP contribution in [-0.2, 0) is 4.79 Å². The molecule has 1 saturated heterocycles. The third-order valence-corrected chi connectivity index (χ3v) is 2.85. The number of nitrogens with zero attached hydrogens (tertiary/aromatic N) is 1. The average Bonchev–Trinajstić information content (AvgIpc) is 2.48. The molecule has 1 heterocycles.